The van der Waals surface area contributed by atoms with Crippen LogP contribution in [0.15, 0.2) is 66.9 Å². The van der Waals surface area contributed by atoms with Gasteiger partial charge in [-0.2, -0.15) is 5.10 Å². The molecule has 6 nitrogen and oxygen atoms in total. The van der Waals surface area contributed by atoms with Crippen LogP contribution in [0, 0.1) is 11.8 Å². The summed E-state index contributed by atoms with van der Waals surface area (Å²) in [6.07, 6.45) is 12.4. The van der Waals surface area contributed by atoms with E-state index in [4.69, 9.17) is 5.10 Å². The largest absolute Gasteiger partial charge is 0.480 e. The molecule has 0 amide bonds. The van der Waals surface area contributed by atoms with Crippen molar-refractivity contribution in [1.29, 1.82) is 0 Å². The Labute approximate surface area is 258 Å². The maximum absolute atomic E-state index is 12.6. The predicted octanol–water partition coefficient (Wildman–Crippen LogP) is 6.62. The van der Waals surface area contributed by atoms with Gasteiger partial charge in [-0.15, -0.1) is 0 Å². The van der Waals surface area contributed by atoms with Crippen molar-refractivity contribution in [1.82, 2.24) is 19.6 Å². The lowest BCUT2D eigenvalue weighted by Crippen LogP contribution is -2.46. The Morgan fingerprint density at radius 2 is 1.60 bits per heavy atom. The van der Waals surface area contributed by atoms with Crippen molar-refractivity contribution in [3.05, 3.63) is 89.2 Å². The average molecular weight is 583 g/mol. The smallest absolute Gasteiger partial charge is 0.321 e. The number of likely N-dealkylation sites (tertiary alicyclic amines) is 2. The molecule has 6 heteroatoms. The van der Waals surface area contributed by atoms with Crippen LogP contribution in [0.25, 0.3) is 0 Å². The first-order chi connectivity index (χ1) is 21.1. The van der Waals surface area contributed by atoms with E-state index in [9.17, 15) is 9.90 Å². The van der Waals surface area contributed by atoms with Gasteiger partial charge in [-0.1, -0.05) is 79.9 Å². The molecule has 2 aliphatic heterocycles. The van der Waals surface area contributed by atoms with Crippen LogP contribution in [0.3, 0.4) is 0 Å². The third-order valence-electron chi connectivity index (χ3n) is 10.6. The van der Waals surface area contributed by atoms with E-state index in [1.165, 1.54) is 41.6 Å². The molecule has 3 aromatic rings. The average Bonchev–Trinajstić information content (AvgIpc) is 3.66. The molecule has 43 heavy (non-hydrogen) atoms. The second-order valence-electron chi connectivity index (χ2n) is 13.4. The zero-order valence-electron chi connectivity index (χ0n) is 26.0. The topological polar surface area (TPSA) is 61.6 Å². The molecule has 3 atom stereocenters. The fourth-order valence-electron chi connectivity index (χ4n) is 8.32. The fourth-order valence-corrected chi connectivity index (χ4v) is 8.32. The fraction of sp³-hybridized carbons (Fsp3) is 0.568. The van der Waals surface area contributed by atoms with Crippen LogP contribution < -0.4 is 0 Å². The minimum atomic E-state index is -0.616. The van der Waals surface area contributed by atoms with Gasteiger partial charge in [0.1, 0.15) is 6.04 Å². The molecule has 0 radical (unpaired) electrons. The zero-order chi connectivity index (χ0) is 29.6. The van der Waals surface area contributed by atoms with Crippen molar-refractivity contribution in [2.75, 3.05) is 32.7 Å². The molecule has 3 heterocycles. The van der Waals surface area contributed by atoms with Crippen LogP contribution in [-0.2, 0) is 24.2 Å². The van der Waals surface area contributed by atoms with E-state index in [-0.39, 0.29) is 12.0 Å². The summed E-state index contributed by atoms with van der Waals surface area (Å²) in [5.74, 6) is 1.02. The molecule has 2 saturated heterocycles. The molecule has 1 aromatic heterocycles. The summed E-state index contributed by atoms with van der Waals surface area (Å²) in [5, 5.41) is 15.4. The van der Waals surface area contributed by atoms with Crippen molar-refractivity contribution in [3.63, 3.8) is 0 Å². The van der Waals surface area contributed by atoms with Crippen molar-refractivity contribution >= 4 is 5.97 Å². The van der Waals surface area contributed by atoms with Gasteiger partial charge in [0.25, 0.3) is 0 Å². The first-order valence-corrected chi connectivity index (χ1v) is 16.9. The van der Waals surface area contributed by atoms with Crippen molar-refractivity contribution < 1.29 is 9.90 Å². The lowest BCUT2D eigenvalue weighted by Gasteiger charge is -2.35. The molecular weight excluding hydrogens is 532 g/mol. The minimum absolute atomic E-state index is 0.288. The lowest BCUT2D eigenvalue weighted by molar-refractivity contribution is -0.145. The maximum atomic E-state index is 12.6. The summed E-state index contributed by atoms with van der Waals surface area (Å²) in [6, 6.07) is 21.3. The molecule has 3 fully saturated rings. The number of hydrogen-bond acceptors (Lipinski definition) is 4. The minimum Gasteiger partial charge on any atom is -0.480 e. The highest BCUT2D eigenvalue weighted by Crippen LogP contribution is 2.39. The summed E-state index contributed by atoms with van der Waals surface area (Å²) in [6.45, 7) is 8.06. The van der Waals surface area contributed by atoms with Crippen LogP contribution in [-0.4, -0.2) is 69.4 Å². The molecule has 0 bridgehead atoms. The number of carboxylic acids is 1. The summed E-state index contributed by atoms with van der Waals surface area (Å²) < 4.78 is 2.13. The van der Waals surface area contributed by atoms with Crippen molar-refractivity contribution in [3.8, 4) is 0 Å². The molecule has 0 spiro atoms. The number of aromatic nitrogens is 2. The Balaban J connectivity index is 1.11. The van der Waals surface area contributed by atoms with E-state index in [1.807, 2.05) is 0 Å². The molecule has 6 rings (SSSR count). The quantitative estimate of drug-likeness (QED) is 0.276. The highest BCUT2D eigenvalue weighted by molar-refractivity contribution is 5.74. The van der Waals surface area contributed by atoms with Crippen LogP contribution in [0.4, 0.5) is 0 Å². The SMILES string of the molecule is CCn1cc(CCc2ccccc2)c(C2CCN(CC3CN(C(C(=O)O)C4CCCCC4)CC3c3ccccc3)CC2)n1. The van der Waals surface area contributed by atoms with Gasteiger partial charge < -0.3 is 10.0 Å². The second kappa shape index (κ2) is 14.2. The number of carboxylic acid groups (broad SMARTS) is 1. The van der Waals surface area contributed by atoms with Gasteiger partial charge in [-0.3, -0.25) is 14.4 Å². The first kappa shape index (κ1) is 30.1. The molecule has 230 valence electrons. The van der Waals surface area contributed by atoms with Gasteiger partial charge in [-0.05, 0) is 87.1 Å². The molecule has 3 aliphatic rings. The number of benzene rings is 2. The van der Waals surface area contributed by atoms with Gasteiger partial charge in [0, 0.05) is 44.2 Å². The van der Waals surface area contributed by atoms with E-state index < -0.39 is 5.97 Å². The Kier molecular flexibility index (Phi) is 9.95. The summed E-state index contributed by atoms with van der Waals surface area (Å²) in [4.78, 5) is 17.6. The molecule has 1 aliphatic carbocycles. The van der Waals surface area contributed by atoms with Gasteiger partial charge in [0.2, 0.25) is 0 Å². The summed E-state index contributed by atoms with van der Waals surface area (Å²) >= 11 is 0. The first-order valence-electron chi connectivity index (χ1n) is 16.9. The van der Waals surface area contributed by atoms with Crippen molar-refractivity contribution in [2.45, 2.75) is 89.1 Å². The normalized spacial score (nSPS) is 23.5. The third-order valence-corrected chi connectivity index (χ3v) is 10.6. The number of hydrogen-bond donors (Lipinski definition) is 1. The maximum Gasteiger partial charge on any atom is 0.321 e. The molecule has 2 aromatic carbocycles. The lowest BCUT2D eigenvalue weighted by atomic mass is 9.83. The number of carbonyl (C=O) groups is 1. The number of aliphatic carboxylic acids is 1. The molecule has 1 N–H and O–H groups in total. The van der Waals surface area contributed by atoms with Crippen LogP contribution >= 0.6 is 0 Å². The monoisotopic (exact) mass is 582 g/mol. The molecule has 1 saturated carbocycles. The highest BCUT2D eigenvalue weighted by atomic mass is 16.4. The Morgan fingerprint density at radius 3 is 2.28 bits per heavy atom. The predicted molar refractivity (Wildman–Crippen MR) is 172 cm³/mol. The number of piperidine rings is 1. The zero-order valence-corrected chi connectivity index (χ0v) is 26.0. The number of aryl methyl sites for hydroxylation is 3. The van der Waals surface area contributed by atoms with Crippen LogP contribution in [0.5, 0.6) is 0 Å². The van der Waals surface area contributed by atoms with Gasteiger partial charge in [-0.25, -0.2) is 0 Å². The number of rotatable bonds is 11. The van der Waals surface area contributed by atoms with E-state index in [0.717, 1.165) is 77.8 Å². The van der Waals surface area contributed by atoms with Gasteiger partial charge in [0.15, 0.2) is 0 Å². The molecular formula is C37H50N4O2. The Hall–Kier alpha value is -2.96. The number of nitrogens with zero attached hydrogens (tertiary/aromatic N) is 4. The van der Waals surface area contributed by atoms with Crippen molar-refractivity contribution in [2.24, 2.45) is 11.8 Å². The van der Waals surface area contributed by atoms with E-state index in [2.05, 4.69) is 88.3 Å². The van der Waals surface area contributed by atoms with Crippen LogP contribution in [0.2, 0.25) is 0 Å². The third kappa shape index (κ3) is 7.24. The van der Waals surface area contributed by atoms with E-state index in [0.29, 0.717) is 17.8 Å². The highest BCUT2D eigenvalue weighted by Gasteiger charge is 2.43. The standard InChI is InChI=1S/C37H50N4O2/c1-2-41-26-32(19-18-28-12-6-3-7-13-28)35(38-41)30-20-22-39(23-21-30)24-33-25-40(27-34(33)29-14-8-4-9-15-29)36(37(42)43)31-16-10-5-11-17-31/h3-4,6-9,12-15,26,30-31,33-34,36H,2,5,10-11,16-25,27H2,1H3,(H,42,43). The van der Waals surface area contributed by atoms with Gasteiger partial charge >= 0.3 is 5.97 Å². The van der Waals surface area contributed by atoms with E-state index >= 15 is 0 Å². The summed E-state index contributed by atoms with van der Waals surface area (Å²) in [5.41, 5.74) is 5.50. The Morgan fingerprint density at radius 1 is 0.907 bits per heavy atom. The summed E-state index contributed by atoms with van der Waals surface area (Å²) in [7, 11) is 0. The van der Waals surface area contributed by atoms with Crippen LogP contribution in [0.1, 0.15) is 86.1 Å². The van der Waals surface area contributed by atoms with E-state index in [1.54, 1.807) is 0 Å². The molecule has 3 unspecified atom stereocenters. The van der Waals surface area contributed by atoms with Gasteiger partial charge in [0.05, 0.1) is 5.69 Å². The Bertz CT molecular complexity index is 1290. The second-order valence-corrected chi connectivity index (χ2v) is 13.4.